The minimum Gasteiger partial charge on any atom is -0.446 e. The molecule has 184 valence electrons. The fraction of sp³-hybridized carbons (Fsp3) is 0.385. The van der Waals surface area contributed by atoms with Gasteiger partial charge < -0.3 is 14.7 Å². The topological polar surface area (TPSA) is 71.8 Å². The van der Waals surface area contributed by atoms with Gasteiger partial charge in [-0.05, 0) is 43.5 Å². The number of halogens is 2. The first kappa shape index (κ1) is 27.0. The van der Waals surface area contributed by atoms with Crippen molar-refractivity contribution in [3.05, 3.63) is 83.8 Å². The van der Waals surface area contributed by atoms with Crippen molar-refractivity contribution in [2.24, 2.45) is 0 Å². The van der Waals surface area contributed by atoms with Crippen molar-refractivity contribution in [2.45, 2.75) is 57.9 Å². The molecule has 2 heterocycles. The summed E-state index contributed by atoms with van der Waals surface area (Å²) in [5.41, 5.74) is 0.484. The number of benzene rings is 1. The number of hydrogen-bond acceptors (Lipinski definition) is 4. The first-order valence-corrected chi connectivity index (χ1v) is 11.0. The third kappa shape index (κ3) is 7.38. The molecular formula is C26H32F2N2O4. The summed E-state index contributed by atoms with van der Waals surface area (Å²) in [5.74, 6) is 0. The van der Waals surface area contributed by atoms with Crippen LogP contribution in [0.15, 0.2) is 72.7 Å². The Kier molecular flexibility index (Phi) is 9.32. The lowest BCUT2D eigenvalue weighted by atomic mass is 9.97. The number of carbonyl (C=O) groups is 1. The van der Waals surface area contributed by atoms with Crippen molar-refractivity contribution < 1.29 is 23.4 Å². The second kappa shape index (κ2) is 11.7. The molecule has 0 aliphatic carbocycles. The molecule has 0 radical (unpaired) electrons. The summed E-state index contributed by atoms with van der Waals surface area (Å²) >= 11 is 0. The van der Waals surface area contributed by atoms with Gasteiger partial charge in [0.25, 0.3) is 5.56 Å². The maximum atomic E-state index is 12.7. The van der Waals surface area contributed by atoms with Crippen LogP contribution in [0, 0.1) is 0 Å². The Morgan fingerprint density at radius 3 is 2.24 bits per heavy atom. The van der Waals surface area contributed by atoms with Crippen molar-refractivity contribution in [1.29, 1.82) is 0 Å². The number of allylic oxidation sites excluding steroid dienone is 2. The van der Waals surface area contributed by atoms with Crippen LogP contribution in [0.4, 0.5) is 13.6 Å². The van der Waals surface area contributed by atoms with Crippen molar-refractivity contribution in [1.82, 2.24) is 9.47 Å². The van der Waals surface area contributed by atoms with E-state index in [1.54, 1.807) is 43.0 Å². The Hall–Kier alpha value is -3.26. The van der Waals surface area contributed by atoms with E-state index in [0.29, 0.717) is 29.5 Å². The number of hydrogen-bond donors (Lipinski definition) is 1. The van der Waals surface area contributed by atoms with E-state index in [4.69, 9.17) is 4.74 Å². The average molecular weight is 475 g/mol. The maximum absolute atomic E-state index is 12.7. The van der Waals surface area contributed by atoms with Crippen LogP contribution in [0.25, 0.3) is 11.1 Å². The maximum Gasteiger partial charge on any atom is 0.410 e. The van der Waals surface area contributed by atoms with Gasteiger partial charge in [-0.15, -0.1) is 0 Å². The Morgan fingerprint density at radius 1 is 1.15 bits per heavy atom. The van der Waals surface area contributed by atoms with E-state index >= 15 is 0 Å². The molecule has 1 aromatic carbocycles. The van der Waals surface area contributed by atoms with Crippen LogP contribution in [0.3, 0.4) is 0 Å². The lowest BCUT2D eigenvalue weighted by Crippen LogP contribution is -2.45. The van der Waals surface area contributed by atoms with E-state index in [1.807, 2.05) is 19.1 Å². The third-order valence-corrected chi connectivity index (χ3v) is 5.44. The molecule has 1 amide bonds. The zero-order valence-electron chi connectivity index (χ0n) is 19.8. The summed E-state index contributed by atoms with van der Waals surface area (Å²) in [4.78, 5) is 25.9. The highest BCUT2D eigenvalue weighted by Gasteiger charge is 2.33. The van der Waals surface area contributed by atoms with Crippen LogP contribution in [0.5, 0.6) is 0 Å². The molecule has 34 heavy (non-hydrogen) atoms. The summed E-state index contributed by atoms with van der Waals surface area (Å²) in [7, 11) is 0. The fourth-order valence-electron chi connectivity index (χ4n) is 3.66. The second-order valence-corrected chi connectivity index (χ2v) is 8.71. The van der Waals surface area contributed by atoms with Crippen molar-refractivity contribution in [2.75, 3.05) is 6.54 Å². The number of rotatable bonds is 7. The van der Waals surface area contributed by atoms with Crippen LogP contribution in [0.2, 0.25) is 0 Å². The van der Waals surface area contributed by atoms with Gasteiger partial charge in [-0.1, -0.05) is 49.6 Å². The molecule has 0 bridgehead atoms. The Bertz CT molecular complexity index is 1040. The van der Waals surface area contributed by atoms with Crippen LogP contribution >= 0.6 is 0 Å². The molecule has 0 spiro atoms. The number of cyclic esters (lactones) is 1. The fourth-order valence-corrected chi connectivity index (χ4v) is 3.66. The minimum absolute atomic E-state index is 0.221. The second-order valence-electron chi connectivity index (χ2n) is 8.71. The van der Waals surface area contributed by atoms with E-state index in [0.717, 1.165) is 17.3 Å². The van der Waals surface area contributed by atoms with E-state index in [9.17, 15) is 23.5 Å². The van der Waals surface area contributed by atoms with E-state index in [1.165, 1.54) is 12.1 Å². The van der Waals surface area contributed by atoms with Crippen LogP contribution < -0.4 is 5.56 Å². The third-order valence-electron chi connectivity index (χ3n) is 5.44. The molecule has 1 aliphatic rings. The molecule has 3 rings (SSSR count). The summed E-state index contributed by atoms with van der Waals surface area (Å²) in [6.45, 7) is 9.65. The van der Waals surface area contributed by atoms with Gasteiger partial charge in [0.1, 0.15) is 6.10 Å². The number of ether oxygens (including phenoxy) is 1. The first-order chi connectivity index (χ1) is 16.0. The molecule has 2 unspecified atom stereocenters. The van der Waals surface area contributed by atoms with Crippen LogP contribution in [-0.2, 0) is 4.74 Å². The van der Waals surface area contributed by atoms with Crippen molar-refractivity contribution in [3.8, 4) is 11.1 Å². The standard InChI is InChI=1S/C22H26F2N2O4.C4H6/c1-14(25-11-9-18(30-21(25)28)13-22(2,3)29)15-4-6-16(7-5-15)17-8-10-26(20(23)24)19(27)12-17;1-3-4-2/h4-8,10,12,14,18,20,29H,9,11,13H2,1-3H3;3-4H,1-2H2. The zero-order chi connectivity index (χ0) is 25.5. The largest absolute Gasteiger partial charge is 0.446 e. The summed E-state index contributed by atoms with van der Waals surface area (Å²) in [5, 5.41) is 9.93. The molecule has 1 aliphatic heterocycles. The molecular weight excluding hydrogens is 442 g/mol. The summed E-state index contributed by atoms with van der Waals surface area (Å²) < 4.78 is 31.3. The van der Waals surface area contributed by atoms with Gasteiger partial charge in [-0.3, -0.25) is 9.36 Å². The van der Waals surface area contributed by atoms with E-state index in [-0.39, 0.29) is 12.1 Å². The number of aliphatic hydroxyl groups is 1. The van der Waals surface area contributed by atoms with Gasteiger partial charge in [-0.25, -0.2) is 4.79 Å². The molecule has 2 atom stereocenters. The van der Waals surface area contributed by atoms with Gasteiger partial charge in [0.2, 0.25) is 0 Å². The van der Waals surface area contributed by atoms with Crippen molar-refractivity contribution >= 4 is 6.09 Å². The Balaban J connectivity index is 0.000000945. The quantitative estimate of drug-likeness (QED) is 0.523. The Morgan fingerprint density at radius 2 is 1.76 bits per heavy atom. The van der Waals surface area contributed by atoms with Gasteiger partial charge in [0.05, 0.1) is 11.6 Å². The number of aromatic nitrogens is 1. The van der Waals surface area contributed by atoms with E-state index < -0.39 is 23.8 Å². The smallest absolute Gasteiger partial charge is 0.410 e. The normalized spacial score (nSPS) is 16.9. The molecule has 2 aromatic rings. The average Bonchev–Trinajstić information content (AvgIpc) is 2.77. The lowest BCUT2D eigenvalue weighted by molar-refractivity contribution is -0.0309. The molecule has 1 N–H and O–H groups in total. The highest BCUT2D eigenvalue weighted by Crippen LogP contribution is 2.29. The van der Waals surface area contributed by atoms with Gasteiger partial charge in [0, 0.05) is 31.6 Å². The van der Waals surface area contributed by atoms with Crippen LogP contribution in [-0.4, -0.2) is 38.9 Å². The summed E-state index contributed by atoms with van der Waals surface area (Å²) in [6.07, 6.45) is 4.66. The Labute approximate surface area is 198 Å². The predicted octanol–water partition coefficient (Wildman–Crippen LogP) is 5.70. The van der Waals surface area contributed by atoms with E-state index in [2.05, 4.69) is 13.2 Å². The predicted molar refractivity (Wildman–Crippen MR) is 129 cm³/mol. The highest BCUT2D eigenvalue weighted by molar-refractivity contribution is 5.69. The molecule has 6 nitrogen and oxygen atoms in total. The molecule has 1 saturated heterocycles. The number of amides is 1. The van der Waals surface area contributed by atoms with Gasteiger partial charge in [0.15, 0.2) is 0 Å². The highest BCUT2D eigenvalue weighted by atomic mass is 19.3. The zero-order valence-corrected chi connectivity index (χ0v) is 19.8. The molecule has 0 saturated carbocycles. The monoisotopic (exact) mass is 474 g/mol. The molecule has 1 aromatic heterocycles. The van der Waals surface area contributed by atoms with Crippen LogP contribution in [0.1, 0.15) is 51.8 Å². The number of pyridine rings is 1. The number of alkyl halides is 2. The van der Waals surface area contributed by atoms with Crippen molar-refractivity contribution in [3.63, 3.8) is 0 Å². The molecule has 8 heteroatoms. The first-order valence-electron chi connectivity index (χ1n) is 11.0. The minimum atomic E-state index is -2.87. The molecule has 1 fully saturated rings. The SMILES string of the molecule is C=CC=C.CC(c1ccc(-c2ccn(C(F)F)c(=O)c2)cc1)N1CCC(CC(C)(C)O)OC1=O. The van der Waals surface area contributed by atoms with Gasteiger partial charge in [-0.2, -0.15) is 8.78 Å². The number of nitrogens with zero attached hydrogens (tertiary/aromatic N) is 2. The number of carbonyl (C=O) groups excluding carboxylic acids is 1. The summed E-state index contributed by atoms with van der Waals surface area (Å²) in [6, 6.07) is 9.69. The lowest BCUT2D eigenvalue weighted by Gasteiger charge is -2.37. The van der Waals surface area contributed by atoms with Gasteiger partial charge >= 0.3 is 12.6 Å².